The highest BCUT2D eigenvalue weighted by molar-refractivity contribution is 5.82. The van der Waals surface area contributed by atoms with Crippen molar-refractivity contribution in [2.75, 3.05) is 0 Å². The fourth-order valence-electron chi connectivity index (χ4n) is 2.41. The van der Waals surface area contributed by atoms with E-state index in [2.05, 4.69) is 0 Å². The monoisotopic (exact) mass is 294 g/mol. The highest BCUT2D eigenvalue weighted by atomic mass is 16.5. The van der Waals surface area contributed by atoms with Crippen molar-refractivity contribution in [3.63, 3.8) is 0 Å². The molecule has 0 spiro atoms. The molecule has 0 aliphatic heterocycles. The number of benzene rings is 2. The van der Waals surface area contributed by atoms with Gasteiger partial charge in [-0.25, -0.2) is 0 Å². The minimum atomic E-state index is -0.127. The van der Waals surface area contributed by atoms with E-state index in [1.165, 1.54) is 0 Å². The molecule has 0 saturated carbocycles. The molecule has 1 aromatic heterocycles. The number of rotatable bonds is 3. The van der Waals surface area contributed by atoms with Crippen molar-refractivity contribution in [1.29, 1.82) is 0 Å². The van der Waals surface area contributed by atoms with Crippen LogP contribution in [0.1, 0.15) is 19.4 Å². The summed E-state index contributed by atoms with van der Waals surface area (Å²) in [6.07, 6.45) is -0.104. The first-order valence-electron chi connectivity index (χ1n) is 7.36. The van der Waals surface area contributed by atoms with Crippen LogP contribution in [0.2, 0.25) is 0 Å². The lowest BCUT2D eigenvalue weighted by Gasteiger charge is -2.14. The topological polar surface area (TPSA) is 39.4 Å². The number of hydrogen-bond donors (Lipinski definition) is 0. The van der Waals surface area contributed by atoms with E-state index in [-0.39, 0.29) is 17.3 Å². The van der Waals surface area contributed by atoms with E-state index in [0.717, 1.165) is 11.1 Å². The Morgan fingerprint density at radius 2 is 1.77 bits per heavy atom. The molecule has 22 heavy (non-hydrogen) atoms. The van der Waals surface area contributed by atoms with E-state index >= 15 is 0 Å². The molecule has 3 aromatic rings. The van der Waals surface area contributed by atoms with Crippen LogP contribution in [0, 0.1) is 6.92 Å². The van der Waals surface area contributed by atoms with E-state index in [1.54, 1.807) is 0 Å². The van der Waals surface area contributed by atoms with Crippen LogP contribution in [-0.4, -0.2) is 6.10 Å². The second-order valence-corrected chi connectivity index (χ2v) is 5.62. The van der Waals surface area contributed by atoms with Gasteiger partial charge in [-0.3, -0.25) is 4.79 Å². The molecular weight excluding hydrogens is 276 g/mol. The van der Waals surface area contributed by atoms with E-state index in [1.807, 2.05) is 69.3 Å². The third-order valence-electron chi connectivity index (χ3n) is 3.39. The van der Waals surface area contributed by atoms with Gasteiger partial charge < -0.3 is 9.15 Å². The fourth-order valence-corrected chi connectivity index (χ4v) is 2.41. The molecular formula is C19H18O3. The molecule has 0 unspecified atom stereocenters. The Morgan fingerprint density at radius 3 is 2.45 bits per heavy atom. The summed E-state index contributed by atoms with van der Waals surface area (Å²) < 4.78 is 11.8. The van der Waals surface area contributed by atoms with Crippen molar-refractivity contribution in [3.05, 3.63) is 64.3 Å². The van der Waals surface area contributed by atoms with Crippen molar-refractivity contribution >= 4 is 11.0 Å². The molecule has 112 valence electrons. The molecule has 3 nitrogen and oxygen atoms in total. The highest BCUT2D eigenvalue weighted by Gasteiger charge is 2.18. The Hall–Kier alpha value is -2.55. The zero-order valence-corrected chi connectivity index (χ0v) is 12.9. The lowest BCUT2D eigenvalue weighted by molar-refractivity contribution is 0.236. The van der Waals surface area contributed by atoms with Crippen molar-refractivity contribution in [2.45, 2.75) is 26.9 Å². The molecule has 0 bridgehead atoms. The first kappa shape index (κ1) is 14.4. The molecule has 0 aliphatic carbocycles. The first-order chi connectivity index (χ1) is 10.6. The SMILES string of the molecule is Cc1ccc2oc(-c3ccccc3)c(OC(C)C)c(=O)c2c1. The first-order valence-corrected chi connectivity index (χ1v) is 7.36. The Kier molecular flexibility index (Phi) is 3.72. The lowest BCUT2D eigenvalue weighted by atomic mass is 10.1. The summed E-state index contributed by atoms with van der Waals surface area (Å²) in [5.74, 6) is 0.759. The van der Waals surface area contributed by atoms with Crippen LogP contribution in [0.5, 0.6) is 5.75 Å². The average Bonchev–Trinajstić information content (AvgIpc) is 2.51. The average molecular weight is 294 g/mol. The summed E-state index contributed by atoms with van der Waals surface area (Å²) in [6.45, 7) is 5.75. The molecule has 0 aliphatic rings. The van der Waals surface area contributed by atoms with Gasteiger partial charge in [-0.15, -0.1) is 0 Å². The van der Waals surface area contributed by atoms with Gasteiger partial charge in [0.2, 0.25) is 11.2 Å². The maximum Gasteiger partial charge on any atom is 0.235 e. The normalized spacial score (nSPS) is 11.1. The van der Waals surface area contributed by atoms with Crippen molar-refractivity contribution in [1.82, 2.24) is 0 Å². The third-order valence-corrected chi connectivity index (χ3v) is 3.39. The summed E-state index contributed by atoms with van der Waals surface area (Å²) in [6, 6.07) is 15.2. The second kappa shape index (κ2) is 5.68. The summed E-state index contributed by atoms with van der Waals surface area (Å²) in [7, 11) is 0. The fraction of sp³-hybridized carbons (Fsp3) is 0.211. The molecule has 0 N–H and O–H groups in total. The second-order valence-electron chi connectivity index (χ2n) is 5.62. The Balaban J connectivity index is 2.34. The summed E-state index contributed by atoms with van der Waals surface area (Å²) >= 11 is 0. The quantitative estimate of drug-likeness (QED) is 0.711. The standard InChI is InChI=1S/C19H18O3/c1-12(2)21-19-17(20)15-11-13(3)9-10-16(15)22-18(19)14-7-5-4-6-8-14/h4-12H,1-3H3. The van der Waals surface area contributed by atoms with E-state index in [0.29, 0.717) is 16.7 Å². The Labute approximate surface area is 129 Å². The Bertz CT molecular complexity index is 861. The summed E-state index contributed by atoms with van der Waals surface area (Å²) in [5, 5.41) is 0.551. The van der Waals surface area contributed by atoms with Crippen molar-refractivity contribution < 1.29 is 9.15 Å². The minimum Gasteiger partial charge on any atom is -0.484 e. The van der Waals surface area contributed by atoms with Crippen LogP contribution in [0.4, 0.5) is 0 Å². The Morgan fingerprint density at radius 1 is 1.05 bits per heavy atom. The van der Waals surface area contributed by atoms with Gasteiger partial charge in [-0.1, -0.05) is 42.0 Å². The predicted molar refractivity (Wildman–Crippen MR) is 88.4 cm³/mol. The molecule has 3 rings (SSSR count). The third kappa shape index (κ3) is 2.62. The molecule has 0 radical (unpaired) electrons. The van der Waals surface area contributed by atoms with Gasteiger partial charge in [-0.05, 0) is 32.9 Å². The van der Waals surface area contributed by atoms with Gasteiger partial charge in [0.15, 0.2) is 5.76 Å². The van der Waals surface area contributed by atoms with Crippen LogP contribution in [0.3, 0.4) is 0 Å². The molecule has 0 amide bonds. The minimum absolute atomic E-state index is 0.104. The van der Waals surface area contributed by atoms with Gasteiger partial charge in [-0.2, -0.15) is 0 Å². The van der Waals surface area contributed by atoms with Gasteiger partial charge in [0.25, 0.3) is 0 Å². The van der Waals surface area contributed by atoms with E-state index < -0.39 is 0 Å². The smallest absolute Gasteiger partial charge is 0.235 e. The molecule has 0 fully saturated rings. The summed E-state index contributed by atoms with van der Waals surface area (Å²) in [5.41, 5.74) is 2.29. The number of hydrogen-bond acceptors (Lipinski definition) is 3. The van der Waals surface area contributed by atoms with E-state index in [9.17, 15) is 4.79 Å². The lowest BCUT2D eigenvalue weighted by Crippen LogP contribution is -2.15. The molecule has 0 saturated heterocycles. The van der Waals surface area contributed by atoms with Crippen LogP contribution in [-0.2, 0) is 0 Å². The van der Waals surface area contributed by atoms with Crippen LogP contribution >= 0.6 is 0 Å². The molecule has 1 heterocycles. The zero-order valence-electron chi connectivity index (χ0n) is 12.9. The molecule has 2 aromatic carbocycles. The van der Waals surface area contributed by atoms with Gasteiger partial charge >= 0.3 is 0 Å². The number of ether oxygens (including phenoxy) is 1. The van der Waals surface area contributed by atoms with Crippen LogP contribution < -0.4 is 10.2 Å². The summed E-state index contributed by atoms with van der Waals surface area (Å²) in [4.78, 5) is 12.8. The van der Waals surface area contributed by atoms with Crippen LogP contribution in [0.25, 0.3) is 22.3 Å². The number of fused-ring (bicyclic) bond motifs is 1. The predicted octanol–water partition coefficient (Wildman–Crippen LogP) is 4.56. The maximum atomic E-state index is 12.8. The van der Waals surface area contributed by atoms with Gasteiger partial charge in [0, 0.05) is 5.56 Å². The van der Waals surface area contributed by atoms with E-state index in [4.69, 9.17) is 9.15 Å². The van der Waals surface area contributed by atoms with Gasteiger partial charge in [0.05, 0.1) is 11.5 Å². The number of aryl methyl sites for hydroxylation is 1. The maximum absolute atomic E-state index is 12.8. The largest absolute Gasteiger partial charge is 0.484 e. The molecule has 0 atom stereocenters. The molecule has 3 heteroatoms. The van der Waals surface area contributed by atoms with Crippen molar-refractivity contribution in [3.8, 4) is 17.1 Å². The zero-order chi connectivity index (χ0) is 15.7. The van der Waals surface area contributed by atoms with Gasteiger partial charge in [0.1, 0.15) is 5.58 Å². The van der Waals surface area contributed by atoms with Crippen molar-refractivity contribution in [2.24, 2.45) is 0 Å². The van der Waals surface area contributed by atoms with Crippen LogP contribution in [0.15, 0.2) is 57.7 Å². The highest BCUT2D eigenvalue weighted by Crippen LogP contribution is 2.31.